The van der Waals surface area contributed by atoms with E-state index < -0.39 is 65.1 Å². The quantitative estimate of drug-likeness (QED) is 0.0568. The van der Waals surface area contributed by atoms with Crippen LogP contribution in [0.2, 0.25) is 10.0 Å². The highest BCUT2D eigenvalue weighted by Gasteiger charge is 2.68. The number of hydrogen-bond acceptors (Lipinski definition) is 9. The SMILES string of the molecule is CN(C)[C@H](CN)Cc1ccc(C(N)=O)cc1Cl.CN(C)[C@H](CNC(=O)C[C@@H](c1cccnc1)C1(C(F)(F)F)CC1)Cc1ccc(C(N)=O)cc1Cl.O=C(O)C[C@@H](c1cccnc1)C1(C(F)(F)F)CC1.S.S.S.S. The fourth-order valence-corrected chi connectivity index (χ4v) is 8.69. The summed E-state index contributed by atoms with van der Waals surface area (Å²) < 4.78 is 80.8. The molecule has 4 aromatic rings. The molecule has 73 heavy (non-hydrogen) atoms. The van der Waals surface area contributed by atoms with Gasteiger partial charge in [-0.05, 0) is 125 Å². The number of carboxylic acid groups (broad SMARTS) is 1. The smallest absolute Gasteiger partial charge is 0.395 e. The molecule has 2 aliphatic carbocycles. The number of alkyl halides is 6. The lowest BCUT2D eigenvalue weighted by Gasteiger charge is -2.30. The number of carboxylic acids is 1. The van der Waals surface area contributed by atoms with Gasteiger partial charge in [-0.15, -0.1) is 0 Å². The molecule has 2 fully saturated rings. The summed E-state index contributed by atoms with van der Waals surface area (Å²) in [6.07, 6.45) is -2.69. The highest BCUT2D eigenvalue weighted by molar-refractivity contribution is 7.59. The van der Waals surface area contributed by atoms with Crippen LogP contribution in [-0.4, -0.2) is 114 Å². The summed E-state index contributed by atoms with van der Waals surface area (Å²) in [5, 5.41) is 12.6. The third-order valence-electron chi connectivity index (χ3n) is 12.8. The topological polar surface area (TPSA) is 211 Å². The van der Waals surface area contributed by atoms with E-state index in [1.165, 1.54) is 43.0 Å². The molecular weight excluding hydrogens is 1080 g/mol. The molecule has 25 heteroatoms. The number of carbonyl (C=O) groups is 4. The van der Waals surface area contributed by atoms with Crippen molar-refractivity contribution in [2.24, 2.45) is 28.0 Å². The molecule has 0 radical (unpaired) electrons. The van der Waals surface area contributed by atoms with Crippen LogP contribution in [0.4, 0.5) is 26.3 Å². The van der Waals surface area contributed by atoms with E-state index in [0.29, 0.717) is 45.3 Å². The second-order valence-electron chi connectivity index (χ2n) is 17.8. The molecule has 13 nitrogen and oxygen atoms in total. The number of amides is 3. The lowest BCUT2D eigenvalue weighted by molar-refractivity contribution is -0.196. The number of hydrogen-bond donors (Lipinski definition) is 5. The summed E-state index contributed by atoms with van der Waals surface area (Å²) in [4.78, 5) is 57.6. The van der Waals surface area contributed by atoms with Crippen LogP contribution in [0.15, 0.2) is 85.5 Å². The second-order valence-corrected chi connectivity index (χ2v) is 18.6. The van der Waals surface area contributed by atoms with E-state index in [4.69, 9.17) is 45.5 Å². The minimum Gasteiger partial charge on any atom is -0.481 e. The van der Waals surface area contributed by atoms with Crippen LogP contribution < -0.4 is 22.5 Å². The lowest BCUT2D eigenvalue weighted by atomic mass is 9.80. The molecule has 2 saturated carbocycles. The van der Waals surface area contributed by atoms with Crippen molar-refractivity contribution < 1.29 is 50.6 Å². The zero-order valence-electron chi connectivity index (χ0n) is 40.6. The molecule has 0 spiro atoms. The van der Waals surface area contributed by atoms with Gasteiger partial charge in [0.25, 0.3) is 0 Å². The minimum absolute atomic E-state index is 0. The Hall–Kier alpha value is -3.94. The number of primary amides is 2. The largest absolute Gasteiger partial charge is 0.481 e. The number of nitrogens with two attached hydrogens (primary N) is 3. The number of likely N-dealkylation sites (N-methyl/N-ethyl adjacent to an activating group) is 2. The number of aromatic nitrogens is 2. The average Bonchev–Trinajstić information content (AvgIpc) is 4.22. The molecule has 0 unspecified atom stereocenters. The molecule has 2 aromatic heterocycles. The van der Waals surface area contributed by atoms with E-state index >= 15 is 0 Å². The Morgan fingerprint density at radius 2 is 1.05 bits per heavy atom. The van der Waals surface area contributed by atoms with E-state index in [1.54, 1.807) is 36.4 Å². The van der Waals surface area contributed by atoms with Gasteiger partial charge in [-0.1, -0.05) is 47.5 Å². The van der Waals surface area contributed by atoms with Gasteiger partial charge in [0.2, 0.25) is 17.7 Å². The Morgan fingerprint density at radius 3 is 1.34 bits per heavy atom. The maximum atomic E-state index is 13.9. The molecule has 2 aromatic carbocycles. The third kappa shape index (κ3) is 19.0. The molecule has 6 rings (SSSR count). The highest BCUT2D eigenvalue weighted by Crippen LogP contribution is 2.67. The number of carbonyl (C=O) groups excluding carboxylic acids is 3. The van der Waals surface area contributed by atoms with Crippen LogP contribution in [0, 0.1) is 10.8 Å². The second kappa shape index (κ2) is 30.0. The van der Waals surface area contributed by atoms with E-state index in [1.807, 2.05) is 39.2 Å². The van der Waals surface area contributed by atoms with Gasteiger partial charge in [0.1, 0.15) is 0 Å². The molecular formula is C48H66Cl2F6N8O5S4. The third-order valence-corrected chi connectivity index (χ3v) is 13.5. The molecule has 2 aliphatic rings. The minimum atomic E-state index is -4.40. The first-order valence-corrected chi connectivity index (χ1v) is 22.6. The van der Waals surface area contributed by atoms with E-state index in [0.717, 1.165) is 17.5 Å². The van der Waals surface area contributed by atoms with Gasteiger partial charge in [-0.2, -0.15) is 80.3 Å². The molecule has 0 saturated heterocycles. The summed E-state index contributed by atoms with van der Waals surface area (Å²) in [6.45, 7) is 0.777. The zero-order chi connectivity index (χ0) is 51.5. The van der Waals surface area contributed by atoms with E-state index in [2.05, 4.69) is 20.2 Å². The maximum Gasteiger partial charge on any atom is 0.395 e. The van der Waals surface area contributed by atoms with Gasteiger partial charge in [0, 0.05) is 89.4 Å². The molecule has 8 N–H and O–H groups in total. The van der Waals surface area contributed by atoms with Crippen LogP contribution >= 0.6 is 77.2 Å². The van der Waals surface area contributed by atoms with Crippen LogP contribution in [-0.2, 0) is 22.4 Å². The first-order valence-electron chi connectivity index (χ1n) is 21.9. The first-order chi connectivity index (χ1) is 32.3. The van der Waals surface area contributed by atoms with Crippen molar-refractivity contribution in [1.29, 1.82) is 0 Å². The molecule has 4 atom stereocenters. The number of benzene rings is 2. The monoisotopic (exact) mass is 1150 g/mol. The number of nitrogens with one attached hydrogen (secondary N) is 1. The van der Waals surface area contributed by atoms with Crippen molar-refractivity contribution in [3.05, 3.63) is 129 Å². The van der Waals surface area contributed by atoms with Crippen molar-refractivity contribution >= 4 is 101 Å². The van der Waals surface area contributed by atoms with Gasteiger partial charge >= 0.3 is 18.3 Å². The summed E-state index contributed by atoms with van der Waals surface area (Å²) in [6, 6.07) is 16.2. The molecule has 0 aliphatic heterocycles. The van der Waals surface area contributed by atoms with Crippen LogP contribution in [0.5, 0.6) is 0 Å². The highest BCUT2D eigenvalue weighted by atomic mass is 35.5. The predicted octanol–water partition coefficient (Wildman–Crippen LogP) is 8.24. The summed E-state index contributed by atoms with van der Waals surface area (Å²) in [7, 11) is 7.63. The lowest BCUT2D eigenvalue weighted by Crippen LogP contribution is -2.42. The van der Waals surface area contributed by atoms with Crippen molar-refractivity contribution in [3.8, 4) is 0 Å². The molecule has 0 bridgehead atoms. The molecule has 3 amide bonds. The number of halogens is 8. The van der Waals surface area contributed by atoms with E-state index in [9.17, 15) is 45.5 Å². The van der Waals surface area contributed by atoms with Crippen LogP contribution in [0.3, 0.4) is 0 Å². The Kier molecular flexibility index (Phi) is 28.4. The standard InChI is InChI=1S/C24H28ClF3N4O2.C12H18ClN3O.C12H12F3NO2.4H2S/c1-32(2)18(10-15-5-6-16(22(29)34)11-20(15)25)14-31-21(33)12-19(17-4-3-9-30-13-17)23(7-8-23)24(26,27)28;1-16(2)10(7-14)5-8-3-4-9(12(15)17)6-11(8)13;13-12(14,15)11(3-4-11)9(6-10(17)18)8-2-1-5-16-7-8;;;;/h3-6,9,11,13,18-19H,7-8,10,12,14H2,1-2H3,(H2,29,34)(H,31,33);3-4,6,10H,5,7,14H2,1-2H3,(H2,15,17);1-2,5,7,9H,3-4,6H2,(H,17,18);4*1H2/t18-,19-;10-;9-;;;;/m000..../s1. The predicted molar refractivity (Wildman–Crippen MR) is 292 cm³/mol. The Labute approximate surface area is 459 Å². The summed E-state index contributed by atoms with van der Waals surface area (Å²) >= 11 is 12.4. The summed E-state index contributed by atoms with van der Waals surface area (Å²) in [5.41, 5.74) is 15.6. The fraction of sp³-hybridized carbons (Fsp3) is 0.458. The van der Waals surface area contributed by atoms with Crippen molar-refractivity contribution in [3.63, 3.8) is 0 Å². The normalized spacial score (nSPS) is 15.5. The summed E-state index contributed by atoms with van der Waals surface area (Å²) in [5.74, 6) is -4.77. The number of nitrogens with zero attached hydrogens (tertiary/aromatic N) is 4. The zero-order valence-corrected chi connectivity index (χ0v) is 46.1. The Bertz CT molecular complexity index is 2390. The molecule has 2 heterocycles. The Balaban J connectivity index is 0.00000113. The van der Waals surface area contributed by atoms with Crippen molar-refractivity contribution in [2.75, 3.05) is 41.3 Å². The Morgan fingerprint density at radius 1 is 0.671 bits per heavy atom. The molecule has 408 valence electrons. The fourth-order valence-electron chi connectivity index (χ4n) is 8.17. The maximum absolute atomic E-state index is 13.9. The van der Waals surface area contributed by atoms with Gasteiger partial charge in [0.05, 0.1) is 17.3 Å². The first kappa shape index (κ1) is 69.1. The van der Waals surface area contributed by atoms with Gasteiger partial charge in [0.15, 0.2) is 0 Å². The van der Waals surface area contributed by atoms with Gasteiger partial charge in [-0.25, -0.2) is 0 Å². The van der Waals surface area contributed by atoms with E-state index in [-0.39, 0.29) is 105 Å². The van der Waals surface area contributed by atoms with Gasteiger partial charge < -0.3 is 37.4 Å². The van der Waals surface area contributed by atoms with Crippen molar-refractivity contribution in [2.45, 2.75) is 87.6 Å². The van der Waals surface area contributed by atoms with Crippen molar-refractivity contribution in [1.82, 2.24) is 25.1 Å². The number of aliphatic carboxylic acids is 1. The van der Waals surface area contributed by atoms with Crippen LogP contribution in [0.1, 0.15) is 93.3 Å². The average molecular weight is 1150 g/mol. The van der Waals surface area contributed by atoms with Gasteiger partial charge in [-0.3, -0.25) is 29.1 Å². The number of rotatable bonds is 19. The van der Waals surface area contributed by atoms with Crippen LogP contribution in [0.25, 0.3) is 0 Å². The number of pyridine rings is 2.